The first-order valence-corrected chi connectivity index (χ1v) is 6.95. The van der Waals surface area contributed by atoms with Crippen LogP contribution in [0.4, 0.5) is 5.82 Å². The summed E-state index contributed by atoms with van der Waals surface area (Å²) in [7, 11) is 0. The van der Waals surface area contributed by atoms with E-state index in [1.165, 1.54) is 21.6 Å². The van der Waals surface area contributed by atoms with Crippen molar-refractivity contribution in [3.05, 3.63) is 45.9 Å². The third-order valence-corrected chi connectivity index (χ3v) is 4.77. The van der Waals surface area contributed by atoms with Crippen LogP contribution in [0.15, 0.2) is 29.1 Å². The lowest BCUT2D eigenvalue weighted by atomic mass is 9.90. The van der Waals surface area contributed by atoms with E-state index < -0.39 is 0 Å². The molecule has 1 aliphatic rings. The Morgan fingerprint density at radius 2 is 2.11 bits per heavy atom. The van der Waals surface area contributed by atoms with Gasteiger partial charge in [-0.05, 0) is 29.5 Å². The van der Waals surface area contributed by atoms with E-state index in [1.807, 2.05) is 6.07 Å². The zero-order valence-corrected chi connectivity index (χ0v) is 10.9. The van der Waals surface area contributed by atoms with Crippen molar-refractivity contribution in [1.82, 2.24) is 9.97 Å². The molecule has 2 aromatic heterocycles. The summed E-state index contributed by atoms with van der Waals surface area (Å²) >= 11 is 1.56. The van der Waals surface area contributed by atoms with Crippen LogP contribution in [0.3, 0.4) is 0 Å². The lowest BCUT2D eigenvalue weighted by Crippen LogP contribution is -2.12. The van der Waals surface area contributed by atoms with Crippen molar-refractivity contribution in [3.8, 4) is 10.4 Å². The molecule has 19 heavy (non-hydrogen) atoms. The zero-order chi connectivity index (χ0) is 13.0. The number of hydrogen-bond donors (Lipinski definition) is 2. The Morgan fingerprint density at radius 1 is 1.26 bits per heavy atom. The average molecular weight is 269 g/mol. The van der Waals surface area contributed by atoms with E-state index in [2.05, 4.69) is 28.2 Å². The van der Waals surface area contributed by atoms with E-state index >= 15 is 0 Å². The van der Waals surface area contributed by atoms with Gasteiger partial charge < -0.3 is 5.73 Å². The Balaban J connectivity index is 2.14. The lowest BCUT2D eigenvalue weighted by Gasteiger charge is -2.16. The fourth-order valence-electron chi connectivity index (χ4n) is 2.78. The van der Waals surface area contributed by atoms with E-state index in [0.29, 0.717) is 5.82 Å². The molecular formula is C14H11N3OS. The number of aryl methyl sites for hydroxylation is 2. The molecule has 0 unspecified atom stereocenters. The summed E-state index contributed by atoms with van der Waals surface area (Å²) in [4.78, 5) is 20.0. The second-order valence-electron chi connectivity index (χ2n) is 4.70. The summed E-state index contributed by atoms with van der Waals surface area (Å²) < 4.78 is 0. The van der Waals surface area contributed by atoms with Crippen LogP contribution in [-0.4, -0.2) is 9.97 Å². The molecule has 0 aliphatic heterocycles. The minimum atomic E-state index is -0.378. The number of fused-ring (bicyclic) bond motifs is 5. The number of hydrogen-bond acceptors (Lipinski definition) is 4. The second kappa shape index (κ2) is 3.68. The molecule has 1 aliphatic carbocycles. The van der Waals surface area contributed by atoms with Crippen LogP contribution >= 0.6 is 11.3 Å². The van der Waals surface area contributed by atoms with Gasteiger partial charge in [-0.3, -0.25) is 4.98 Å². The van der Waals surface area contributed by atoms with Crippen LogP contribution < -0.4 is 11.4 Å². The maximum Gasteiger partial charge on any atom is 0.347 e. The van der Waals surface area contributed by atoms with Gasteiger partial charge in [-0.25, -0.2) is 4.79 Å². The number of benzene rings is 1. The van der Waals surface area contributed by atoms with Gasteiger partial charge in [0, 0.05) is 4.88 Å². The van der Waals surface area contributed by atoms with E-state index in [1.54, 1.807) is 11.3 Å². The Bertz CT molecular complexity index is 863. The van der Waals surface area contributed by atoms with Crippen LogP contribution in [0.2, 0.25) is 0 Å². The third kappa shape index (κ3) is 1.45. The van der Waals surface area contributed by atoms with Gasteiger partial charge >= 0.3 is 5.69 Å². The van der Waals surface area contributed by atoms with E-state index in [9.17, 15) is 4.79 Å². The second-order valence-corrected chi connectivity index (χ2v) is 5.70. The topological polar surface area (TPSA) is 71.8 Å². The van der Waals surface area contributed by atoms with Crippen LogP contribution in [0.5, 0.6) is 0 Å². The van der Waals surface area contributed by atoms with Gasteiger partial charge in [0.2, 0.25) is 0 Å². The molecule has 0 saturated carbocycles. The fraction of sp³-hybridized carbons (Fsp3) is 0.143. The molecular weight excluding hydrogens is 258 g/mol. The average Bonchev–Trinajstić information content (AvgIpc) is 2.77. The molecule has 0 saturated heterocycles. The normalized spacial score (nSPS) is 13.3. The molecule has 94 valence electrons. The number of thiophene rings is 1. The molecule has 5 heteroatoms. The van der Waals surface area contributed by atoms with Gasteiger partial charge in [0.25, 0.3) is 0 Å². The summed E-state index contributed by atoms with van der Waals surface area (Å²) in [6, 6.07) is 8.39. The molecule has 3 aromatic rings. The predicted molar refractivity (Wildman–Crippen MR) is 77.5 cm³/mol. The van der Waals surface area contributed by atoms with Crippen molar-refractivity contribution >= 4 is 27.4 Å². The van der Waals surface area contributed by atoms with Gasteiger partial charge in [-0.15, -0.1) is 11.3 Å². The Labute approximate surface area is 112 Å². The Morgan fingerprint density at radius 3 is 3.00 bits per heavy atom. The Kier molecular flexibility index (Phi) is 2.08. The molecule has 0 atom stereocenters. The SMILES string of the molecule is Nc1[nH]c(=O)nc2sc3c(c12)CCc1ccccc1-3. The first-order valence-electron chi connectivity index (χ1n) is 6.13. The quantitative estimate of drug-likeness (QED) is 0.658. The molecule has 4 rings (SSSR count). The zero-order valence-electron chi connectivity index (χ0n) is 10.1. The lowest BCUT2D eigenvalue weighted by molar-refractivity contribution is 0.956. The number of rotatable bonds is 0. The number of nitrogens with two attached hydrogens (primary N) is 1. The summed E-state index contributed by atoms with van der Waals surface area (Å²) in [5.74, 6) is 0.437. The molecule has 1 aromatic carbocycles. The molecule has 0 amide bonds. The molecule has 3 N–H and O–H groups in total. The van der Waals surface area contributed by atoms with Gasteiger partial charge in [0.05, 0.1) is 5.39 Å². The smallest absolute Gasteiger partial charge is 0.347 e. The molecule has 0 fully saturated rings. The van der Waals surface area contributed by atoms with Crippen LogP contribution in [0, 0.1) is 0 Å². The molecule has 0 radical (unpaired) electrons. The summed E-state index contributed by atoms with van der Waals surface area (Å²) in [6.45, 7) is 0. The number of anilines is 1. The number of aromatic amines is 1. The molecule has 0 bridgehead atoms. The van der Waals surface area contributed by atoms with E-state index in [-0.39, 0.29) is 5.69 Å². The molecule has 2 heterocycles. The summed E-state index contributed by atoms with van der Waals surface area (Å²) in [5.41, 5.74) is 9.40. The maximum atomic E-state index is 11.4. The highest BCUT2D eigenvalue weighted by molar-refractivity contribution is 7.22. The number of aromatic nitrogens is 2. The molecule has 4 nitrogen and oxygen atoms in total. The highest BCUT2D eigenvalue weighted by atomic mass is 32.1. The van der Waals surface area contributed by atoms with Crippen molar-refractivity contribution in [2.75, 3.05) is 5.73 Å². The maximum absolute atomic E-state index is 11.4. The van der Waals surface area contributed by atoms with Crippen molar-refractivity contribution in [2.45, 2.75) is 12.8 Å². The standard InChI is InChI=1S/C14H11N3OS/c15-12-10-9-6-5-7-3-1-2-4-8(7)11(9)19-13(10)17-14(18)16-12/h1-4H,5-6H2,(H3,15,16,17,18). The number of nitrogens with zero attached hydrogens (tertiary/aromatic N) is 1. The number of nitrogens with one attached hydrogen (secondary N) is 1. The minimum Gasteiger partial charge on any atom is -0.385 e. The van der Waals surface area contributed by atoms with E-state index in [4.69, 9.17) is 5.73 Å². The predicted octanol–water partition coefficient (Wildman–Crippen LogP) is 2.33. The van der Waals surface area contributed by atoms with Crippen molar-refractivity contribution < 1.29 is 0 Å². The van der Waals surface area contributed by atoms with Gasteiger partial charge in [-0.2, -0.15) is 4.98 Å². The summed E-state index contributed by atoms with van der Waals surface area (Å²) in [6.07, 6.45) is 1.96. The van der Waals surface area contributed by atoms with Crippen molar-refractivity contribution in [2.24, 2.45) is 0 Å². The van der Waals surface area contributed by atoms with Gasteiger partial charge in [0.1, 0.15) is 10.6 Å². The van der Waals surface area contributed by atoms with Crippen molar-refractivity contribution in [3.63, 3.8) is 0 Å². The first kappa shape index (κ1) is 10.8. The highest BCUT2D eigenvalue weighted by Gasteiger charge is 2.22. The fourth-order valence-corrected chi connectivity index (χ4v) is 4.08. The summed E-state index contributed by atoms with van der Waals surface area (Å²) in [5, 5.41) is 0.925. The van der Waals surface area contributed by atoms with Crippen LogP contribution in [0.25, 0.3) is 20.7 Å². The van der Waals surface area contributed by atoms with Gasteiger partial charge in [-0.1, -0.05) is 24.3 Å². The van der Waals surface area contributed by atoms with Crippen molar-refractivity contribution in [1.29, 1.82) is 0 Å². The monoisotopic (exact) mass is 269 g/mol. The third-order valence-electron chi connectivity index (χ3n) is 3.61. The minimum absolute atomic E-state index is 0.378. The first-order chi connectivity index (χ1) is 9.24. The molecule has 0 spiro atoms. The number of nitrogen functional groups attached to an aromatic ring is 1. The van der Waals surface area contributed by atoms with Crippen LogP contribution in [-0.2, 0) is 12.8 Å². The van der Waals surface area contributed by atoms with Gasteiger partial charge in [0.15, 0.2) is 0 Å². The highest BCUT2D eigenvalue weighted by Crippen LogP contribution is 2.43. The number of H-pyrrole nitrogens is 1. The van der Waals surface area contributed by atoms with E-state index in [0.717, 1.165) is 23.1 Å². The largest absolute Gasteiger partial charge is 0.385 e. The Hall–Kier alpha value is -2.14. The van der Waals surface area contributed by atoms with Crippen LogP contribution in [0.1, 0.15) is 11.1 Å².